The summed E-state index contributed by atoms with van der Waals surface area (Å²) in [4.78, 5) is 87.6. The van der Waals surface area contributed by atoms with Crippen LogP contribution in [0.25, 0.3) is 11.5 Å². The SMILES string of the molecule is CCn1cnnc1-c1cccc(N2Cc3c(cc(N4CCC[C@H]4C)nc3CN(C)CCN3CCN(c4cccc5c4C(=O)N(C4CCC(=O)NC4=O)C5=O)CC3)C2=O)n1. The number of nitrogens with one attached hydrogen (secondary N) is 1. The number of rotatable bonds is 11. The summed E-state index contributed by atoms with van der Waals surface area (Å²) < 4.78 is 1.92. The summed E-state index contributed by atoms with van der Waals surface area (Å²) in [6, 6.07) is 12.2. The van der Waals surface area contributed by atoms with Gasteiger partial charge in [-0.15, -0.1) is 10.2 Å². The third-order valence-electron chi connectivity index (χ3n) is 12.4. The lowest BCUT2D eigenvalue weighted by molar-refractivity contribution is -0.136. The van der Waals surface area contributed by atoms with Crippen LogP contribution in [0.5, 0.6) is 0 Å². The molecule has 2 atom stereocenters. The Kier molecular flexibility index (Phi) is 10.2. The molecule has 17 nitrogen and oxygen atoms in total. The van der Waals surface area contributed by atoms with E-state index < -0.39 is 29.7 Å². The molecule has 0 aliphatic carbocycles. The molecule has 3 saturated heterocycles. The van der Waals surface area contributed by atoms with Crippen LogP contribution in [0, 0.1) is 0 Å². The first-order valence-corrected chi connectivity index (χ1v) is 20.6. The number of amides is 5. The standard InChI is InChI=1S/C42H48N12O5/c1-4-50-25-43-47-38(50)30-10-6-12-34(44-30)53-23-29-28(40(53)57)22-35(52-15-7-8-26(52)2)45-31(29)24-48(3)16-17-49-18-20-51(21-19-49)32-11-5-9-27-37(32)42(59)54(41(27)58)33-13-14-36(55)46-39(33)56/h5-6,9-12,22,25-26,33H,4,7-8,13-21,23-24H2,1-3H3,(H,46,55,56)/t26-,33?/m1/s1. The van der Waals surface area contributed by atoms with Crippen molar-refractivity contribution < 1.29 is 24.0 Å². The molecular formula is C42H48N12O5. The second-order valence-corrected chi connectivity index (χ2v) is 16.1. The molecule has 1 N–H and O–H groups in total. The molecule has 306 valence electrons. The van der Waals surface area contributed by atoms with E-state index in [4.69, 9.17) is 9.97 Å². The first kappa shape index (κ1) is 38.4. The fourth-order valence-corrected chi connectivity index (χ4v) is 9.09. The number of carbonyl (C=O) groups is 5. The number of aromatic nitrogens is 5. The van der Waals surface area contributed by atoms with Crippen molar-refractivity contribution in [3.63, 3.8) is 0 Å². The lowest BCUT2D eigenvalue weighted by atomic mass is 10.0. The van der Waals surface area contributed by atoms with E-state index in [0.717, 1.165) is 67.5 Å². The van der Waals surface area contributed by atoms with Crippen LogP contribution < -0.4 is 20.0 Å². The summed E-state index contributed by atoms with van der Waals surface area (Å²) in [5.74, 6) is -0.0336. The number of piperidine rings is 1. The quantitative estimate of drug-likeness (QED) is 0.220. The van der Waals surface area contributed by atoms with E-state index in [1.807, 2.05) is 41.8 Å². The molecule has 3 fully saturated rings. The number of carbonyl (C=O) groups excluding carboxylic acids is 5. The predicted molar refractivity (Wildman–Crippen MR) is 218 cm³/mol. The van der Waals surface area contributed by atoms with Gasteiger partial charge in [-0.3, -0.25) is 48.9 Å². The Hall–Kier alpha value is -6.07. The molecule has 5 aliphatic heterocycles. The Labute approximate surface area is 342 Å². The van der Waals surface area contributed by atoms with Crippen LogP contribution in [0.3, 0.4) is 0 Å². The van der Waals surface area contributed by atoms with Gasteiger partial charge in [-0.25, -0.2) is 9.97 Å². The van der Waals surface area contributed by atoms with Gasteiger partial charge in [0, 0.05) is 76.9 Å². The fourth-order valence-electron chi connectivity index (χ4n) is 9.09. The summed E-state index contributed by atoms with van der Waals surface area (Å²) in [5.41, 5.74) is 4.45. The molecule has 0 spiro atoms. The number of anilines is 3. The molecule has 9 rings (SSSR count). The molecule has 1 unspecified atom stereocenters. The minimum atomic E-state index is -1.00. The molecule has 59 heavy (non-hydrogen) atoms. The van der Waals surface area contributed by atoms with Gasteiger partial charge < -0.3 is 14.4 Å². The number of hydrogen-bond acceptors (Lipinski definition) is 13. The molecule has 1 aromatic carbocycles. The first-order chi connectivity index (χ1) is 28.6. The fraction of sp³-hybridized carbons (Fsp3) is 0.452. The van der Waals surface area contributed by atoms with Crippen LogP contribution >= 0.6 is 0 Å². The van der Waals surface area contributed by atoms with Gasteiger partial charge in [-0.2, -0.15) is 0 Å². The number of piperazine rings is 1. The Balaban J connectivity index is 0.869. The molecule has 3 aromatic heterocycles. The van der Waals surface area contributed by atoms with Crippen molar-refractivity contribution in [3.8, 4) is 11.5 Å². The topological polar surface area (TPSA) is 173 Å². The highest BCUT2D eigenvalue weighted by Crippen LogP contribution is 2.36. The van der Waals surface area contributed by atoms with Crippen LogP contribution in [0.15, 0.2) is 48.8 Å². The summed E-state index contributed by atoms with van der Waals surface area (Å²) in [7, 11) is 2.09. The maximum absolute atomic E-state index is 14.2. The normalized spacial score (nSPS) is 21.0. The van der Waals surface area contributed by atoms with Gasteiger partial charge in [0.2, 0.25) is 11.8 Å². The average Bonchev–Trinajstić information content (AvgIpc) is 4.03. The van der Waals surface area contributed by atoms with E-state index >= 15 is 0 Å². The highest BCUT2D eigenvalue weighted by atomic mass is 16.2. The third-order valence-corrected chi connectivity index (χ3v) is 12.4. The van der Waals surface area contributed by atoms with Crippen molar-refractivity contribution in [1.29, 1.82) is 0 Å². The van der Waals surface area contributed by atoms with Crippen LogP contribution in [0.1, 0.15) is 81.9 Å². The largest absolute Gasteiger partial charge is 0.368 e. The highest BCUT2D eigenvalue weighted by Gasteiger charge is 2.46. The molecule has 8 heterocycles. The second kappa shape index (κ2) is 15.6. The minimum Gasteiger partial charge on any atom is -0.368 e. The van der Waals surface area contributed by atoms with E-state index in [-0.39, 0.29) is 24.3 Å². The highest BCUT2D eigenvalue weighted by molar-refractivity contribution is 6.25. The second-order valence-electron chi connectivity index (χ2n) is 16.1. The van der Waals surface area contributed by atoms with Crippen molar-refractivity contribution in [2.75, 3.05) is 67.6 Å². The zero-order valence-electron chi connectivity index (χ0n) is 33.6. The van der Waals surface area contributed by atoms with Crippen molar-refractivity contribution in [3.05, 3.63) is 76.7 Å². The van der Waals surface area contributed by atoms with Gasteiger partial charge in [0.15, 0.2) is 5.82 Å². The summed E-state index contributed by atoms with van der Waals surface area (Å²) in [6.45, 7) is 11.2. The molecule has 17 heteroatoms. The molecule has 4 aromatic rings. The maximum Gasteiger partial charge on any atom is 0.264 e. The number of fused-ring (bicyclic) bond motifs is 2. The van der Waals surface area contributed by atoms with Crippen molar-refractivity contribution >= 4 is 46.9 Å². The number of aryl methyl sites for hydroxylation is 1. The van der Waals surface area contributed by atoms with Crippen molar-refractivity contribution in [2.45, 2.75) is 71.2 Å². The van der Waals surface area contributed by atoms with Gasteiger partial charge in [-0.1, -0.05) is 12.1 Å². The van der Waals surface area contributed by atoms with Crippen LogP contribution in [-0.2, 0) is 29.2 Å². The van der Waals surface area contributed by atoms with Crippen LogP contribution in [-0.4, -0.2) is 134 Å². The van der Waals surface area contributed by atoms with Crippen LogP contribution in [0.4, 0.5) is 17.3 Å². The number of imide groups is 2. The van der Waals surface area contributed by atoms with Gasteiger partial charge >= 0.3 is 0 Å². The Morgan fingerprint density at radius 2 is 1.69 bits per heavy atom. The number of pyridine rings is 2. The monoisotopic (exact) mass is 800 g/mol. The van der Waals surface area contributed by atoms with Gasteiger partial charge in [-0.05, 0) is 70.5 Å². The zero-order valence-corrected chi connectivity index (χ0v) is 33.6. The number of nitrogens with zero attached hydrogens (tertiary/aromatic N) is 11. The van der Waals surface area contributed by atoms with E-state index in [1.165, 1.54) is 0 Å². The first-order valence-electron chi connectivity index (χ1n) is 20.6. The molecular weight excluding hydrogens is 753 g/mol. The molecule has 0 saturated carbocycles. The van der Waals surface area contributed by atoms with E-state index in [1.54, 1.807) is 23.4 Å². The summed E-state index contributed by atoms with van der Waals surface area (Å²) in [6.07, 6.45) is 4.05. The number of benzene rings is 1. The molecule has 5 aliphatic rings. The third kappa shape index (κ3) is 7.01. The van der Waals surface area contributed by atoms with E-state index in [9.17, 15) is 24.0 Å². The van der Waals surface area contributed by atoms with E-state index in [2.05, 4.69) is 49.1 Å². The molecule has 0 radical (unpaired) electrons. The van der Waals surface area contributed by atoms with E-state index in [0.29, 0.717) is 72.9 Å². The van der Waals surface area contributed by atoms with Gasteiger partial charge in [0.25, 0.3) is 17.7 Å². The Bertz CT molecular complexity index is 2360. The molecule has 5 amide bonds. The lowest BCUT2D eigenvalue weighted by Crippen LogP contribution is -2.54. The smallest absolute Gasteiger partial charge is 0.264 e. The minimum absolute atomic E-state index is 0.0773. The summed E-state index contributed by atoms with van der Waals surface area (Å²) in [5, 5.41) is 10.6. The van der Waals surface area contributed by atoms with Crippen molar-refractivity contribution in [1.82, 2.24) is 44.7 Å². The predicted octanol–water partition coefficient (Wildman–Crippen LogP) is 2.56. The van der Waals surface area contributed by atoms with Gasteiger partial charge in [0.1, 0.15) is 29.7 Å². The number of hydrogen-bond donors (Lipinski definition) is 1. The lowest BCUT2D eigenvalue weighted by Gasteiger charge is -2.37. The van der Waals surface area contributed by atoms with Crippen molar-refractivity contribution in [2.24, 2.45) is 0 Å². The Morgan fingerprint density at radius 1 is 0.881 bits per heavy atom. The zero-order chi connectivity index (χ0) is 40.9. The Morgan fingerprint density at radius 3 is 2.46 bits per heavy atom. The number of likely N-dealkylation sites (N-methyl/N-ethyl adjacent to an activating group) is 1. The van der Waals surface area contributed by atoms with Crippen LogP contribution in [0.2, 0.25) is 0 Å². The average molecular weight is 801 g/mol. The summed E-state index contributed by atoms with van der Waals surface area (Å²) >= 11 is 0. The molecule has 0 bridgehead atoms. The maximum atomic E-state index is 14.2. The van der Waals surface area contributed by atoms with Gasteiger partial charge in [0.05, 0.1) is 34.6 Å².